The summed E-state index contributed by atoms with van der Waals surface area (Å²) < 4.78 is 11.6. The normalized spacial score (nSPS) is 11.2. The number of hydrogen-bond donors (Lipinski definition) is 1. The molecule has 0 radical (unpaired) electrons. The van der Waals surface area contributed by atoms with Crippen LogP contribution in [-0.2, 0) is 0 Å². The molecule has 92 valence electrons. The van der Waals surface area contributed by atoms with Crippen molar-refractivity contribution in [3.05, 3.63) is 55.0 Å². The van der Waals surface area contributed by atoms with E-state index < -0.39 is 0 Å². The number of anilines is 1. The van der Waals surface area contributed by atoms with E-state index in [9.17, 15) is 4.39 Å². The summed E-state index contributed by atoms with van der Waals surface area (Å²) in [5.74, 6) is 0. The molecule has 1 N–H and O–H groups in total. The summed E-state index contributed by atoms with van der Waals surface area (Å²) in [6, 6.07) is 10.3. The fraction of sp³-hybridized carbons (Fsp3) is 0.286. The third-order valence-electron chi connectivity index (χ3n) is 2.43. The highest BCUT2D eigenvalue weighted by atomic mass is 19.1. The van der Waals surface area contributed by atoms with E-state index in [0.29, 0.717) is 6.33 Å². The van der Waals surface area contributed by atoms with Crippen molar-refractivity contribution in [3.8, 4) is 0 Å². The number of likely N-dealkylation sites (N-methyl/N-ethyl adjacent to an activating group) is 1. The lowest BCUT2D eigenvalue weighted by Crippen LogP contribution is -2.30. The molecule has 0 heterocycles. The first-order valence-corrected chi connectivity index (χ1v) is 5.83. The lowest BCUT2D eigenvalue weighted by molar-refractivity contribution is 0.721. The van der Waals surface area contributed by atoms with Gasteiger partial charge in [-0.15, -0.1) is 0 Å². The molecule has 0 aliphatic rings. The van der Waals surface area contributed by atoms with Gasteiger partial charge >= 0.3 is 0 Å². The summed E-state index contributed by atoms with van der Waals surface area (Å²) in [5.41, 5.74) is 1.23. The Morgan fingerprint density at radius 1 is 1.24 bits per heavy atom. The van der Waals surface area contributed by atoms with Gasteiger partial charge in [-0.25, -0.2) is 4.39 Å². The van der Waals surface area contributed by atoms with E-state index in [1.807, 2.05) is 18.2 Å². The van der Waals surface area contributed by atoms with Crippen LogP contribution in [0.15, 0.2) is 55.0 Å². The van der Waals surface area contributed by atoms with Crippen molar-refractivity contribution in [3.63, 3.8) is 0 Å². The van der Waals surface area contributed by atoms with E-state index in [4.69, 9.17) is 0 Å². The van der Waals surface area contributed by atoms with Crippen LogP contribution in [0.1, 0.15) is 6.92 Å². The standard InChI is InChI=1S/C14H19FN2/c1-2-17(14-8-4-3-5-9-14)13-12-16-11-7-6-10-15/h3-11,16H,2,12-13H2,1H3/b10-6-,11-7-. The van der Waals surface area contributed by atoms with Crippen LogP contribution in [-0.4, -0.2) is 19.6 Å². The largest absolute Gasteiger partial charge is 0.389 e. The third kappa shape index (κ3) is 5.20. The van der Waals surface area contributed by atoms with Crippen LogP contribution >= 0.6 is 0 Å². The monoisotopic (exact) mass is 234 g/mol. The molecular weight excluding hydrogens is 215 g/mol. The highest BCUT2D eigenvalue weighted by Crippen LogP contribution is 2.11. The maximum absolute atomic E-state index is 11.6. The van der Waals surface area contributed by atoms with Gasteiger partial charge < -0.3 is 10.2 Å². The molecule has 0 amide bonds. The van der Waals surface area contributed by atoms with Crippen LogP contribution in [0.5, 0.6) is 0 Å². The van der Waals surface area contributed by atoms with E-state index >= 15 is 0 Å². The molecule has 0 aliphatic carbocycles. The highest BCUT2D eigenvalue weighted by Gasteiger charge is 2.01. The number of halogens is 1. The molecule has 0 aromatic heterocycles. The zero-order chi connectivity index (χ0) is 12.3. The topological polar surface area (TPSA) is 15.3 Å². The Hall–Kier alpha value is -1.77. The van der Waals surface area contributed by atoms with Crippen LogP contribution in [0.3, 0.4) is 0 Å². The molecule has 1 aromatic carbocycles. The Morgan fingerprint density at radius 3 is 2.65 bits per heavy atom. The quantitative estimate of drug-likeness (QED) is 0.576. The van der Waals surface area contributed by atoms with E-state index in [0.717, 1.165) is 19.6 Å². The van der Waals surface area contributed by atoms with Gasteiger partial charge in [-0.05, 0) is 37.4 Å². The summed E-state index contributed by atoms with van der Waals surface area (Å²) in [7, 11) is 0. The molecule has 1 rings (SSSR count). The molecule has 0 bridgehead atoms. The molecule has 0 saturated carbocycles. The van der Waals surface area contributed by atoms with Crippen LogP contribution in [0.2, 0.25) is 0 Å². The summed E-state index contributed by atoms with van der Waals surface area (Å²) in [6.07, 6.45) is 5.25. The molecule has 0 atom stereocenters. The minimum absolute atomic E-state index is 0.514. The molecule has 0 spiro atoms. The van der Waals surface area contributed by atoms with Gasteiger partial charge in [0.2, 0.25) is 0 Å². The van der Waals surface area contributed by atoms with Crippen molar-refractivity contribution >= 4 is 5.69 Å². The van der Waals surface area contributed by atoms with Crippen molar-refractivity contribution in [2.75, 3.05) is 24.5 Å². The number of benzene rings is 1. The number of nitrogens with zero attached hydrogens (tertiary/aromatic N) is 1. The van der Waals surface area contributed by atoms with Crippen molar-refractivity contribution in [1.29, 1.82) is 0 Å². The predicted molar refractivity (Wildman–Crippen MR) is 71.7 cm³/mol. The number of allylic oxidation sites excluding steroid dienone is 2. The molecule has 0 unspecified atom stereocenters. The molecule has 1 aromatic rings. The van der Waals surface area contributed by atoms with Crippen LogP contribution in [0.25, 0.3) is 0 Å². The Morgan fingerprint density at radius 2 is 2.00 bits per heavy atom. The second kappa shape index (κ2) is 8.39. The summed E-state index contributed by atoms with van der Waals surface area (Å²) in [4.78, 5) is 2.28. The molecule has 0 saturated heterocycles. The van der Waals surface area contributed by atoms with Crippen molar-refractivity contribution in [2.45, 2.75) is 6.92 Å². The van der Waals surface area contributed by atoms with Crippen LogP contribution < -0.4 is 10.2 Å². The Kier molecular flexibility index (Phi) is 6.56. The van der Waals surface area contributed by atoms with Gasteiger partial charge in [0, 0.05) is 25.3 Å². The molecule has 17 heavy (non-hydrogen) atoms. The lowest BCUT2D eigenvalue weighted by atomic mass is 10.3. The predicted octanol–water partition coefficient (Wildman–Crippen LogP) is 3.10. The van der Waals surface area contributed by atoms with Crippen molar-refractivity contribution in [1.82, 2.24) is 5.32 Å². The first kappa shape index (κ1) is 13.3. The van der Waals surface area contributed by atoms with Crippen LogP contribution in [0, 0.1) is 0 Å². The zero-order valence-corrected chi connectivity index (χ0v) is 10.1. The smallest absolute Gasteiger partial charge is 0.0867 e. The number of nitrogens with one attached hydrogen (secondary N) is 1. The second-order valence-electron chi connectivity index (χ2n) is 3.55. The van der Waals surface area contributed by atoms with Gasteiger partial charge in [0.25, 0.3) is 0 Å². The third-order valence-corrected chi connectivity index (χ3v) is 2.43. The number of rotatable bonds is 7. The van der Waals surface area contributed by atoms with Gasteiger partial charge in [-0.1, -0.05) is 18.2 Å². The van der Waals surface area contributed by atoms with Crippen molar-refractivity contribution < 1.29 is 4.39 Å². The van der Waals surface area contributed by atoms with Crippen molar-refractivity contribution in [2.24, 2.45) is 0 Å². The number of para-hydroxylation sites is 1. The Balaban J connectivity index is 2.33. The highest BCUT2D eigenvalue weighted by molar-refractivity contribution is 5.45. The van der Waals surface area contributed by atoms with E-state index in [1.165, 1.54) is 11.8 Å². The zero-order valence-electron chi connectivity index (χ0n) is 10.1. The first-order chi connectivity index (χ1) is 8.38. The van der Waals surface area contributed by atoms with E-state index in [2.05, 4.69) is 29.3 Å². The van der Waals surface area contributed by atoms with Gasteiger partial charge in [0.15, 0.2) is 0 Å². The fourth-order valence-electron chi connectivity index (χ4n) is 1.56. The summed E-state index contributed by atoms with van der Waals surface area (Å²) >= 11 is 0. The minimum atomic E-state index is 0.514. The first-order valence-electron chi connectivity index (χ1n) is 5.83. The van der Waals surface area contributed by atoms with Gasteiger partial charge in [0.1, 0.15) is 0 Å². The second-order valence-corrected chi connectivity index (χ2v) is 3.55. The molecule has 2 nitrogen and oxygen atoms in total. The lowest BCUT2D eigenvalue weighted by Gasteiger charge is -2.22. The summed E-state index contributed by atoms with van der Waals surface area (Å²) in [6.45, 7) is 4.86. The fourth-order valence-corrected chi connectivity index (χ4v) is 1.56. The van der Waals surface area contributed by atoms with E-state index in [1.54, 1.807) is 12.3 Å². The average molecular weight is 234 g/mol. The minimum Gasteiger partial charge on any atom is -0.389 e. The molecule has 0 fully saturated rings. The molecular formula is C14H19FN2. The number of hydrogen-bond acceptors (Lipinski definition) is 2. The summed E-state index contributed by atoms with van der Waals surface area (Å²) in [5, 5.41) is 3.11. The SMILES string of the molecule is CCN(CCN/C=C\C=C/F)c1ccccc1. The van der Waals surface area contributed by atoms with Crippen LogP contribution in [0.4, 0.5) is 10.1 Å². The maximum Gasteiger partial charge on any atom is 0.0867 e. The maximum atomic E-state index is 11.6. The Bertz CT molecular complexity index is 346. The van der Waals surface area contributed by atoms with Gasteiger partial charge in [0.05, 0.1) is 6.33 Å². The van der Waals surface area contributed by atoms with Gasteiger partial charge in [-0.2, -0.15) is 0 Å². The Labute approximate surface area is 102 Å². The molecule has 0 aliphatic heterocycles. The average Bonchev–Trinajstić information content (AvgIpc) is 2.39. The van der Waals surface area contributed by atoms with E-state index in [-0.39, 0.29) is 0 Å². The van der Waals surface area contributed by atoms with Gasteiger partial charge in [-0.3, -0.25) is 0 Å². The molecule has 3 heteroatoms.